The Bertz CT molecular complexity index is 448. The molecule has 2 rings (SSSR count). The van der Waals surface area contributed by atoms with Crippen molar-refractivity contribution >= 4 is 23.9 Å². The molecule has 0 spiro atoms. The summed E-state index contributed by atoms with van der Waals surface area (Å²) in [6.45, 7) is 1.12. The molecule has 0 amide bonds. The molecule has 1 fully saturated rings. The maximum Gasteiger partial charge on any atom is 0.168 e. The molecule has 8 heteroatoms. The van der Waals surface area contributed by atoms with Gasteiger partial charge in [-0.3, -0.25) is 0 Å². The van der Waals surface area contributed by atoms with Gasteiger partial charge in [-0.25, -0.2) is 26.2 Å². The van der Waals surface area contributed by atoms with Gasteiger partial charge >= 0.3 is 0 Å². The number of benzene rings is 1. The normalized spacial score (nSPS) is 18.4. The largest absolute Gasteiger partial charge is 0.227 e. The van der Waals surface area contributed by atoms with Crippen LogP contribution in [-0.4, -0.2) is 34.2 Å². The van der Waals surface area contributed by atoms with E-state index in [1.165, 1.54) is 23.9 Å². The first-order valence-corrected chi connectivity index (χ1v) is 7.82. The first-order chi connectivity index (χ1) is 9.01. The lowest BCUT2D eigenvalue weighted by molar-refractivity contribution is 0.299. The molecule has 0 aliphatic carbocycles. The fourth-order valence-corrected chi connectivity index (χ4v) is 3.50. The van der Waals surface area contributed by atoms with Crippen LogP contribution < -0.4 is 0 Å². The lowest BCUT2D eigenvalue weighted by Crippen LogP contribution is -2.25. The van der Waals surface area contributed by atoms with Crippen LogP contribution in [0.1, 0.15) is 11.7 Å². The fraction of sp³-hybridized carbons (Fsp3) is 0.455. The van der Waals surface area contributed by atoms with E-state index in [4.69, 9.17) is 0 Å². The number of hydrogen-bond donors (Lipinski definition) is 0. The summed E-state index contributed by atoms with van der Waals surface area (Å²) < 4.78 is 57.7. The van der Waals surface area contributed by atoms with Crippen molar-refractivity contribution in [3.63, 3.8) is 0 Å². The molecule has 1 saturated heterocycles. The Hall–Kier alpha value is -0.440. The third-order valence-electron chi connectivity index (χ3n) is 2.96. The Morgan fingerprint density at radius 3 is 1.74 bits per heavy atom. The van der Waals surface area contributed by atoms with Gasteiger partial charge in [-0.15, -0.1) is 0 Å². The summed E-state index contributed by atoms with van der Waals surface area (Å²) in [5, 5.41) is 0. The molecule has 0 saturated carbocycles. The van der Waals surface area contributed by atoms with Crippen molar-refractivity contribution in [1.82, 2.24) is 8.61 Å². The average molecular weight is 312 g/mol. The molecule has 1 heterocycles. The third kappa shape index (κ3) is 2.58. The van der Waals surface area contributed by atoms with Gasteiger partial charge in [0.15, 0.2) is 23.3 Å². The summed E-state index contributed by atoms with van der Waals surface area (Å²) in [5.74, 6) is -5.40. The van der Waals surface area contributed by atoms with Crippen LogP contribution in [0.15, 0.2) is 6.07 Å². The minimum absolute atomic E-state index is 0.232. The molecule has 19 heavy (non-hydrogen) atoms. The minimum Gasteiger partial charge on any atom is -0.227 e. The van der Waals surface area contributed by atoms with Crippen LogP contribution in [0.5, 0.6) is 0 Å². The zero-order valence-corrected chi connectivity index (χ0v) is 11.9. The Kier molecular flexibility index (Phi) is 4.65. The van der Waals surface area contributed by atoms with Crippen molar-refractivity contribution in [3.8, 4) is 0 Å². The van der Waals surface area contributed by atoms with Crippen LogP contribution >= 0.6 is 23.9 Å². The van der Waals surface area contributed by atoms with Gasteiger partial charge in [0.25, 0.3) is 0 Å². The highest BCUT2D eigenvalue weighted by Crippen LogP contribution is 2.40. The lowest BCUT2D eigenvalue weighted by Gasteiger charge is -2.28. The molecule has 0 bridgehead atoms. The topological polar surface area (TPSA) is 6.48 Å². The SMILES string of the molecule is CSN1CCN(SC)C1c1c(F)c(F)cc(F)c1F. The molecule has 0 radical (unpaired) electrons. The second kappa shape index (κ2) is 5.90. The summed E-state index contributed by atoms with van der Waals surface area (Å²) in [7, 11) is 0. The minimum atomic E-state index is -1.37. The van der Waals surface area contributed by atoms with E-state index >= 15 is 0 Å². The van der Waals surface area contributed by atoms with Crippen molar-refractivity contribution in [2.24, 2.45) is 0 Å². The fourth-order valence-electron chi connectivity index (χ4n) is 2.07. The quantitative estimate of drug-likeness (QED) is 0.479. The maximum absolute atomic E-state index is 13.9. The zero-order chi connectivity index (χ0) is 14.2. The van der Waals surface area contributed by atoms with Crippen LogP contribution in [0.2, 0.25) is 0 Å². The van der Waals surface area contributed by atoms with Gasteiger partial charge in [0, 0.05) is 19.2 Å². The monoisotopic (exact) mass is 312 g/mol. The second-order valence-corrected chi connectivity index (χ2v) is 5.57. The van der Waals surface area contributed by atoms with Crippen LogP contribution in [0.3, 0.4) is 0 Å². The van der Waals surface area contributed by atoms with Gasteiger partial charge in [-0.05, 0) is 12.5 Å². The molecule has 106 valence electrons. The van der Waals surface area contributed by atoms with E-state index in [2.05, 4.69) is 0 Å². The van der Waals surface area contributed by atoms with E-state index in [9.17, 15) is 17.6 Å². The number of rotatable bonds is 3. The molecule has 2 nitrogen and oxygen atoms in total. The highest BCUT2D eigenvalue weighted by molar-refractivity contribution is 7.97. The van der Waals surface area contributed by atoms with E-state index < -0.39 is 35.0 Å². The van der Waals surface area contributed by atoms with Crippen molar-refractivity contribution < 1.29 is 17.6 Å². The van der Waals surface area contributed by atoms with E-state index in [1.807, 2.05) is 0 Å². The summed E-state index contributed by atoms with van der Waals surface area (Å²) in [4.78, 5) is 0. The van der Waals surface area contributed by atoms with Crippen molar-refractivity contribution in [2.45, 2.75) is 6.17 Å². The molecule has 1 aromatic rings. The number of hydrogen-bond acceptors (Lipinski definition) is 4. The van der Waals surface area contributed by atoms with Gasteiger partial charge in [0.05, 0.1) is 5.56 Å². The zero-order valence-electron chi connectivity index (χ0n) is 10.3. The Balaban J connectivity index is 2.55. The van der Waals surface area contributed by atoms with Gasteiger partial charge in [0.2, 0.25) is 0 Å². The summed E-state index contributed by atoms with van der Waals surface area (Å²) >= 11 is 2.57. The van der Waals surface area contributed by atoms with Crippen LogP contribution in [0.4, 0.5) is 17.6 Å². The molecular weight excluding hydrogens is 300 g/mol. The van der Waals surface area contributed by atoms with Crippen LogP contribution in [-0.2, 0) is 0 Å². The second-order valence-electron chi connectivity index (χ2n) is 3.90. The first kappa shape index (κ1) is 15.0. The summed E-state index contributed by atoms with van der Waals surface area (Å²) in [6, 6.07) is 0.232. The maximum atomic E-state index is 13.9. The standard InChI is InChI=1S/C11H12F4N2S2/c1-18-16-3-4-17(19-2)11(16)8-9(14)6(12)5-7(13)10(8)15/h5,11H,3-4H2,1-2H3. The Labute approximate surface area is 117 Å². The van der Waals surface area contributed by atoms with Crippen molar-refractivity contribution in [1.29, 1.82) is 0 Å². The molecule has 1 aromatic carbocycles. The van der Waals surface area contributed by atoms with Gasteiger partial charge in [-0.2, -0.15) is 0 Å². The average Bonchev–Trinajstić information content (AvgIpc) is 2.80. The molecule has 0 atom stereocenters. The van der Waals surface area contributed by atoms with Crippen molar-refractivity contribution in [2.75, 3.05) is 25.6 Å². The van der Waals surface area contributed by atoms with Gasteiger partial charge in [0.1, 0.15) is 6.17 Å². The predicted octanol–water partition coefficient (Wildman–Crippen LogP) is 3.42. The van der Waals surface area contributed by atoms with E-state index in [0.29, 0.717) is 13.1 Å². The van der Waals surface area contributed by atoms with Crippen LogP contribution in [0, 0.1) is 23.3 Å². The smallest absolute Gasteiger partial charge is 0.168 e. The molecule has 0 N–H and O–H groups in total. The highest BCUT2D eigenvalue weighted by atomic mass is 32.2. The predicted molar refractivity (Wildman–Crippen MR) is 69.5 cm³/mol. The van der Waals surface area contributed by atoms with E-state index in [0.717, 1.165) is 0 Å². The summed E-state index contributed by atoms with van der Waals surface area (Å²) in [6.07, 6.45) is 2.68. The number of nitrogens with zero attached hydrogens (tertiary/aromatic N) is 2. The number of halogens is 4. The highest BCUT2D eigenvalue weighted by Gasteiger charge is 2.38. The molecule has 1 aliphatic heterocycles. The van der Waals surface area contributed by atoms with E-state index in [-0.39, 0.29) is 6.07 Å². The van der Waals surface area contributed by atoms with E-state index in [1.54, 1.807) is 21.1 Å². The Morgan fingerprint density at radius 1 is 0.947 bits per heavy atom. The lowest BCUT2D eigenvalue weighted by atomic mass is 10.1. The van der Waals surface area contributed by atoms with Gasteiger partial charge in [-0.1, -0.05) is 23.9 Å². The molecule has 1 aliphatic rings. The van der Waals surface area contributed by atoms with Crippen LogP contribution in [0.25, 0.3) is 0 Å². The molecule has 0 aromatic heterocycles. The molecule has 0 unspecified atom stereocenters. The third-order valence-corrected chi connectivity index (χ3v) is 4.66. The Morgan fingerprint density at radius 2 is 1.37 bits per heavy atom. The molecular formula is C11H12F4N2S2. The van der Waals surface area contributed by atoms with Crippen molar-refractivity contribution in [3.05, 3.63) is 34.9 Å². The summed E-state index contributed by atoms with van der Waals surface area (Å²) in [5.41, 5.74) is -0.571. The van der Waals surface area contributed by atoms with Gasteiger partial charge < -0.3 is 0 Å². The first-order valence-electron chi connectivity index (χ1n) is 5.45.